The highest BCUT2D eigenvalue weighted by atomic mass is 16.5. The number of hydrogen-bond acceptors (Lipinski definition) is 5. The van der Waals surface area contributed by atoms with Gasteiger partial charge < -0.3 is 10.1 Å². The molecule has 5 nitrogen and oxygen atoms in total. The monoisotopic (exact) mass is 389 g/mol. The fraction of sp³-hybridized carbons (Fsp3) is 0.292. The molecular formula is C24H27N3O2. The smallest absolute Gasteiger partial charge is 0.153 e. The Bertz CT molecular complexity index is 998. The summed E-state index contributed by atoms with van der Waals surface area (Å²) in [5.74, 6) is 0.679. The number of benzene rings is 1. The van der Waals surface area contributed by atoms with E-state index in [0.29, 0.717) is 24.3 Å². The van der Waals surface area contributed by atoms with E-state index in [-0.39, 0.29) is 0 Å². The maximum atomic E-state index is 11.6. The van der Waals surface area contributed by atoms with E-state index in [0.717, 1.165) is 52.0 Å². The van der Waals surface area contributed by atoms with Gasteiger partial charge in [0.15, 0.2) is 6.29 Å². The van der Waals surface area contributed by atoms with E-state index in [1.807, 2.05) is 51.4 Å². The Morgan fingerprint density at radius 1 is 1.07 bits per heavy atom. The number of hydrogen-bond donors (Lipinski definition) is 1. The van der Waals surface area contributed by atoms with E-state index >= 15 is 0 Å². The quantitative estimate of drug-likeness (QED) is 0.465. The van der Waals surface area contributed by atoms with Crippen LogP contribution in [0.1, 0.15) is 38.3 Å². The number of aromatic nitrogens is 2. The summed E-state index contributed by atoms with van der Waals surface area (Å²) in [6.07, 6.45) is 5.29. The molecule has 0 unspecified atom stereocenters. The van der Waals surface area contributed by atoms with Crippen LogP contribution in [-0.2, 0) is 6.42 Å². The minimum Gasteiger partial charge on any atom is -0.491 e. The van der Waals surface area contributed by atoms with Gasteiger partial charge in [-0.15, -0.1) is 0 Å². The summed E-state index contributed by atoms with van der Waals surface area (Å²) in [6, 6.07) is 10.0. The van der Waals surface area contributed by atoms with Crippen molar-refractivity contribution >= 4 is 6.29 Å². The summed E-state index contributed by atoms with van der Waals surface area (Å²) in [5, 5.41) is 3.05. The van der Waals surface area contributed by atoms with Crippen molar-refractivity contribution in [3.05, 3.63) is 76.2 Å². The van der Waals surface area contributed by atoms with Gasteiger partial charge in [0.2, 0.25) is 0 Å². The number of likely N-dealkylation sites (N-methyl/N-ethyl adjacent to an activating group) is 1. The predicted molar refractivity (Wildman–Crippen MR) is 116 cm³/mol. The molecule has 0 aliphatic rings. The van der Waals surface area contributed by atoms with Crippen LogP contribution in [0.25, 0.3) is 11.3 Å². The molecule has 3 rings (SSSR count). The Morgan fingerprint density at radius 3 is 2.55 bits per heavy atom. The Labute approximate surface area is 172 Å². The molecule has 1 aromatic carbocycles. The average Bonchev–Trinajstić information content (AvgIpc) is 2.73. The Hall–Kier alpha value is -3.05. The largest absolute Gasteiger partial charge is 0.491 e. The Kier molecular flexibility index (Phi) is 6.73. The summed E-state index contributed by atoms with van der Waals surface area (Å²) in [4.78, 5) is 20.5. The maximum Gasteiger partial charge on any atom is 0.153 e. The predicted octanol–water partition coefficient (Wildman–Crippen LogP) is 4.07. The van der Waals surface area contributed by atoms with Gasteiger partial charge >= 0.3 is 0 Å². The van der Waals surface area contributed by atoms with Gasteiger partial charge in [-0.2, -0.15) is 0 Å². The van der Waals surface area contributed by atoms with Crippen molar-refractivity contribution in [1.82, 2.24) is 15.3 Å². The number of pyridine rings is 2. The number of rotatable bonds is 8. The van der Waals surface area contributed by atoms with Crippen molar-refractivity contribution in [2.75, 3.05) is 20.2 Å². The maximum absolute atomic E-state index is 11.6. The lowest BCUT2D eigenvalue weighted by atomic mass is 9.94. The zero-order valence-corrected chi connectivity index (χ0v) is 17.5. The van der Waals surface area contributed by atoms with Crippen molar-refractivity contribution in [2.24, 2.45) is 0 Å². The van der Waals surface area contributed by atoms with Crippen LogP contribution in [0.4, 0.5) is 0 Å². The molecule has 0 fully saturated rings. The van der Waals surface area contributed by atoms with Gasteiger partial charge in [-0.05, 0) is 80.8 Å². The highest BCUT2D eigenvalue weighted by molar-refractivity contribution is 5.81. The van der Waals surface area contributed by atoms with Crippen molar-refractivity contribution in [1.29, 1.82) is 0 Å². The van der Waals surface area contributed by atoms with Crippen LogP contribution in [-0.4, -0.2) is 36.5 Å². The zero-order chi connectivity index (χ0) is 20.8. The summed E-state index contributed by atoms with van der Waals surface area (Å²) in [7, 11) is 1.88. The topological polar surface area (TPSA) is 64.1 Å². The molecule has 0 amide bonds. The van der Waals surface area contributed by atoms with Crippen LogP contribution >= 0.6 is 0 Å². The van der Waals surface area contributed by atoms with Gasteiger partial charge in [0, 0.05) is 30.2 Å². The van der Waals surface area contributed by atoms with E-state index in [2.05, 4.69) is 28.3 Å². The number of aldehydes is 1. The molecule has 29 heavy (non-hydrogen) atoms. The SMILES string of the molecule is CNCCOc1c(C=O)cc(Cc2ccc(-c3ccnc(C)c3)nc2)c(C)c1C. The van der Waals surface area contributed by atoms with Gasteiger partial charge in [0.1, 0.15) is 12.4 Å². The minimum absolute atomic E-state index is 0.525. The third kappa shape index (κ3) is 4.87. The molecule has 2 aromatic heterocycles. The van der Waals surface area contributed by atoms with E-state index < -0.39 is 0 Å². The first-order chi connectivity index (χ1) is 14.0. The summed E-state index contributed by atoms with van der Waals surface area (Å²) in [5.41, 5.74) is 7.91. The van der Waals surface area contributed by atoms with Crippen LogP contribution < -0.4 is 10.1 Å². The molecule has 0 saturated carbocycles. The first-order valence-electron chi connectivity index (χ1n) is 9.77. The van der Waals surface area contributed by atoms with Crippen molar-refractivity contribution in [2.45, 2.75) is 27.2 Å². The molecule has 3 aromatic rings. The first kappa shape index (κ1) is 20.7. The number of aryl methyl sites for hydroxylation is 1. The Morgan fingerprint density at radius 2 is 1.90 bits per heavy atom. The summed E-state index contributed by atoms with van der Waals surface area (Å²) >= 11 is 0. The third-order valence-electron chi connectivity index (χ3n) is 5.11. The molecule has 0 aliphatic carbocycles. The fourth-order valence-electron chi connectivity index (χ4n) is 3.33. The molecular weight excluding hydrogens is 362 g/mol. The standard InChI is InChI=1S/C24H27N3O2/c1-16-11-20(7-8-26-16)23-6-5-19(14-27-23)12-21-13-22(15-28)24(18(3)17(21)2)29-10-9-25-4/h5-8,11,13-15,25H,9-10,12H2,1-4H3. The first-order valence-corrected chi connectivity index (χ1v) is 9.77. The second-order valence-electron chi connectivity index (χ2n) is 7.19. The second-order valence-corrected chi connectivity index (χ2v) is 7.19. The lowest BCUT2D eigenvalue weighted by Crippen LogP contribution is -2.17. The van der Waals surface area contributed by atoms with Gasteiger partial charge in [-0.25, -0.2) is 0 Å². The molecule has 0 bridgehead atoms. The van der Waals surface area contributed by atoms with Crippen LogP contribution in [0.15, 0.2) is 42.7 Å². The number of nitrogens with zero attached hydrogens (tertiary/aromatic N) is 2. The second kappa shape index (κ2) is 9.43. The molecule has 0 saturated heterocycles. The highest BCUT2D eigenvalue weighted by Crippen LogP contribution is 2.30. The normalized spacial score (nSPS) is 10.8. The molecule has 1 N–H and O–H groups in total. The Balaban J connectivity index is 1.84. The number of carbonyl (C=O) groups is 1. The van der Waals surface area contributed by atoms with Crippen molar-refractivity contribution in [3.8, 4) is 17.0 Å². The average molecular weight is 389 g/mol. The summed E-state index contributed by atoms with van der Waals surface area (Å²) < 4.78 is 5.85. The van der Waals surface area contributed by atoms with E-state index in [9.17, 15) is 4.79 Å². The lowest BCUT2D eigenvalue weighted by Gasteiger charge is -2.17. The number of carbonyl (C=O) groups excluding carboxylic acids is 1. The molecule has 5 heteroatoms. The highest BCUT2D eigenvalue weighted by Gasteiger charge is 2.14. The number of ether oxygens (including phenoxy) is 1. The third-order valence-corrected chi connectivity index (χ3v) is 5.11. The van der Waals surface area contributed by atoms with Gasteiger partial charge in [-0.1, -0.05) is 6.07 Å². The van der Waals surface area contributed by atoms with Crippen molar-refractivity contribution in [3.63, 3.8) is 0 Å². The van der Waals surface area contributed by atoms with Crippen LogP contribution in [0.2, 0.25) is 0 Å². The van der Waals surface area contributed by atoms with Gasteiger partial charge in [0.25, 0.3) is 0 Å². The van der Waals surface area contributed by atoms with Crippen molar-refractivity contribution < 1.29 is 9.53 Å². The van der Waals surface area contributed by atoms with Gasteiger partial charge in [-0.3, -0.25) is 14.8 Å². The number of nitrogens with one attached hydrogen (secondary N) is 1. The lowest BCUT2D eigenvalue weighted by molar-refractivity contribution is 0.111. The molecule has 150 valence electrons. The molecule has 2 heterocycles. The molecule has 0 spiro atoms. The van der Waals surface area contributed by atoms with E-state index in [4.69, 9.17) is 4.74 Å². The molecule has 0 radical (unpaired) electrons. The zero-order valence-electron chi connectivity index (χ0n) is 17.5. The van der Waals surface area contributed by atoms with Crippen LogP contribution in [0.3, 0.4) is 0 Å². The molecule has 0 aliphatic heterocycles. The van der Waals surface area contributed by atoms with Crippen LogP contribution in [0.5, 0.6) is 5.75 Å². The van der Waals surface area contributed by atoms with Gasteiger partial charge in [0.05, 0.1) is 11.3 Å². The van der Waals surface area contributed by atoms with Crippen LogP contribution in [0, 0.1) is 20.8 Å². The van der Waals surface area contributed by atoms with E-state index in [1.165, 1.54) is 0 Å². The van der Waals surface area contributed by atoms with E-state index in [1.54, 1.807) is 6.20 Å². The molecule has 0 atom stereocenters. The minimum atomic E-state index is 0.525. The fourth-order valence-corrected chi connectivity index (χ4v) is 3.33. The summed E-state index contributed by atoms with van der Waals surface area (Å²) in [6.45, 7) is 7.31.